The third-order valence-corrected chi connectivity index (χ3v) is 5.00. The number of carbonyl (C=O) groups excluding carboxylic acids is 1. The third-order valence-electron chi connectivity index (χ3n) is 5.00. The molecule has 2 heterocycles. The molecule has 0 atom stereocenters. The predicted octanol–water partition coefficient (Wildman–Crippen LogP) is 2.55. The van der Waals surface area contributed by atoms with Crippen molar-refractivity contribution in [2.45, 2.75) is 26.4 Å². The molecule has 1 aliphatic rings. The Kier molecular flexibility index (Phi) is 6.29. The van der Waals surface area contributed by atoms with Gasteiger partial charge >= 0.3 is 0 Å². The predicted molar refractivity (Wildman–Crippen MR) is 107 cm³/mol. The third kappa shape index (κ3) is 4.98. The van der Waals surface area contributed by atoms with Crippen molar-refractivity contribution in [2.24, 2.45) is 0 Å². The van der Waals surface area contributed by atoms with E-state index in [2.05, 4.69) is 33.9 Å². The first kappa shape index (κ1) is 19.2. The van der Waals surface area contributed by atoms with Gasteiger partial charge in [0.05, 0.1) is 7.11 Å². The van der Waals surface area contributed by atoms with Crippen LogP contribution >= 0.6 is 0 Å². The molecule has 1 N–H and O–H groups in total. The molecule has 0 radical (unpaired) electrons. The van der Waals surface area contributed by atoms with Gasteiger partial charge in [-0.05, 0) is 49.7 Å². The molecule has 2 aromatic rings. The van der Waals surface area contributed by atoms with Crippen LogP contribution in [-0.2, 0) is 6.54 Å². The molecule has 1 fully saturated rings. The minimum Gasteiger partial charge on any atom is -0.481 e. The highest BCUT2D eigenvalue weighted by Gasteiger charge is 2.19. The number of carbonyl (C=O) groups is 1. The van der Waals surface area contributed by atoms with E-state index < -0.39 is 0 Å². The molecule has 1 saturated heterocycles. The summed E-state index contributed by atoms with van der Waals surface area (Å²) in [5.41, 5.74) is 2.80. The number of ether oxygens (including phenoxy) is 1. The molecule has 0 unspecified atom stereocenters. The lowest BCUT2D eigenvalue weighted by Gasteiger charge is -2.38. The van der Waals surface area contributed by atoms with Crippen molar-refractivity contribution in [2.75, 3.05) is 38.2 Å². The molecular formula is C21H28N4O2. The highest BCUT2D eigenvalue weighted by Crippen LogP contribution is 2.18. The van der Waals surface area contributed by atoms with Crippen molar-refractivity contribution in [3.05, 3.63) is 53.7 Å². The summed E-state index contributed by atoms with van der Waals surface area (Å²) in [6.07, 6.45) is 1.67. The Morgan fingerprint density at radius 1 is 1.15 bits per heavy atom. The molecule has 3 rings (SSSR count). The maximum atomic E-state index is 12.4. The first-order valence-corrected chi connectivity index (χ1v) is 9.43. The number of pyridine rings is 1. The van der Waals surface area contributed by atoms with Crippen molar-refractivity contribution >= 4 is 11.6 Å². The van der Waals surface area contributed by atoms with Crippen LogP contribution in [0.2, 0.25) is 0 Å². The molecule has 0 saturated carbocycles. The number of nitrogens with zero attached hydrogens (tertiary/aromatic N) is 3. The fourth-order valence-corrected chi connectivity index (χ4v) is 3.28. The monoisotopic (exact) mass is 368 g/mol. The zero-order chi connectivity index (χ0) is 19.2. The van der Waals surface area contributed by atoms with E-state index in [4.69, 9.17) is 4.74 Å². The lowest BCUT2D eigenvalue weighted by Crippen LogP contribution is -2.48. The molecule has 27 heavy (non-hydrogen) atoms. The van der Waals surface area contributed by atoms with E-state index in [1.165, 1.54) is 5.69 Å². The number of hydrogen-bond donors (Lipinski definition) is 1. The topological polar surface area (TPSA) is 57.7 Å². The van der Waals surface area contributed by atoms with Crippen molar-refractivity contribution in [1.29, 1.82) is 0 Å². The molecule has 1 amide bonds. The number of benzene rings is 1. The first-order valence-electron chi connectivity index (χ1n) is 9.43. The Hall–Kier alpha value is -2.60. The quantitative estimate of drug-likeness (QED) is 0.849. The van der Waals surface area contributed by atoms with Gasteiger partial charge in [-0.3, -0.25) is 9.69 Å². The summed E-state index contributed by atoms with van der Waals surface area (Å²) < 4.78 is 5.11. The van der Waals surface area contributed by atoms with Crippen LogP contribution in [0, 0.1) is 0 Å². The van der Waals surface area contributed by atoms with Gasteiger partial charge in [-0.2, -0.15) is 0 Å². The number of piperazine rings is 1. The average molecular weight is 368 g/mol. The van der Waals surface area contributed by atoms with E-state index in [0.717, 1.165) is 31.7 Å². The molecule has 0 aliphatic carbocycles. The van der Waals surface area contributed by atoms with E-state index in [0.29, 0.717) is 24.0 Å². The van der Waals surface area contributed by atoms with Crippen LogP contribution in [0.5, 0.6) is 5.88 Å². The molecule has 1 aromatic heterocycles. The van der Waals surface area contributed by atoms with Crippen molar-refractivity contribution < 1.29 is 9.53 Å². The molecule has 144 valence electrons. The van der Waals surface area contributed by atoms with Gasteiger partial charge in [-0.25, -0.2) is 4.98 Å². The number of hydrogen-bond acceptors (Lipinski definition) is 5. The fraction of sp³-hybridized carbons (Fsp3) is 0.429. The summed E-state index contributed by atoms with van der Waals surface area (Å²) >= 11 is 0. The van der Waals surface area contributed by atoms with Gasteiger partial charge in [0.15, 0.2) is 0 Å². The number of rotatable bonds is 6. The van der Waals surface area contributed by atoms with Crippen molar-refractivity contribution in [3.63, 3.8) is 0 Å². The number of anilines is 1. The second kappa shape index (κ2) is 8.86. The van der Waals surface area contributed by atoms with Crippen molar-refractivity contribution in [1.82, 2.24) is 15.2 Å². The number of amides is 1. The largest absolute Gasteiger partial charge is 0.481 e. The summed E-state index contributed by atoms with van der Waals surface area (Å²) in [5.74, 6) is 0.464. The SMILES string of the molecule is COc1cc(CNC(=O)c2ccc(N3CCN(C(C)C)CC3)cc2)ccn1. The normalized spacial score (nSPS) is 15.0. The van der Waals surface area contributed by atoms with Crippen LogP contribution < -0.4 is 15.0 Å². The average Bonchev–Trinajstić information content (AvgIpc) is 2.72. The zero-order valence-electron chi connectivity index (χ0n) is 16.3. The molecule has 1 aliphatic heterocycles. The second-order valence-electron chi connectivity index (χ2n) is 7.05. The standard InChI is InChI=1S/C21H28N4O2/c1-16(2)24-10-12-25(13-11-24)19-6-4-18(5-7-19)21(26)23-15-17-8-9-22-20(14-17)27-3/h4-9,14,16H,10-13,15H2,1-3H3,(H,23,26). The maximum absolute atomic E-state index is 12.4. The van der Waals surface area contributed by atoms with E-state index in [-0.39, 0.29) is 5.91 Å². The Morgan fingerprint density at radius 2 is 1.85 bits per heavy atom. The summed E-state index contributed by atoms with van der Waals surface area (Å²) in [6.45, 7) is 9.12. The molecule has 0 spiro atoms. The fourth-order valence-electron chi connectivity index (χ4n) is 3.28. The summed E-state index contributed by atoms with van der Waals surface area (Å²) in [4.78, 5) is 21.3. The summed E-state index contributed by atoms with van der Waals surface area (Å²) in [5, 5.41) is 2.94. The van der Waals surface area contributed by atoms with E-state index in [1.54, 1.807) is 13.3 Å². The first-order chi connectivity index (χ1) is 13.1. The van der Waals surface area contributed by atoms with E-state index >= 15 is 0 Å². The summed E-state index contributed by atoms with van der Waals surface area (Å²) in [7, 11) is 1.58. The minimum absolute atomic E-state index is 0.0815. The Balaban J connectivity index is 1.54. The van der Waals surface area contributed by atoms with Gasteiger partial charge in [0.25, 0.3) is 5.91 Å². The Bertz CT molecular complexity index is 753. The van der Waals surface area contributed by atoms with Gasteiger partial charge in [-0.15, -0.1) is 0 Å². The maximum Gasteiger partial charge on any atom is 0.251 e. The van der Waals surface area contributed by atoms with Crippen LogP contribution in [0.15, 0.2) is 42.6 Å². The molecule has 1 aromatic carbocycles. The number of aromatic nitrogens is 1. The van der Waals surface area contributed by atoms with Gasteiger partial charge < -0.3 is 15.0 Å². The summed E-state index contributed by atoms with van der Waals surface area (Å²) in [6, 6.07) is 12.1. The van der Waals surface area contributed by atoms with Gasteiger partial charge in [0.2, 0.25) is 5.88 Å². The lowest BCUT2D eigenvalue weighted by molar-refractivity contribution is 0.0951. The zero-order valence-corrected chi connectivity index (χ0v) is 16.3. The van der Waals surface area contributed by atoms with E-state index in [1.807, 2.05) is 36.4 Å². The highest BCUT2D eigenvalue weighted by atomic mass is 16.5. The van der Waals surface area contributed by atoms with Crippen LogP contribution in [0.1, 0.15) is 29.8 Å². The molecule has 6 nitrogen and oxygen atoms in total. The van der Waals surface area contributed by atoms with Crippen molar-refractivity contribution in [3.8, 4) is 5.88 Å². The lowest BCUT2D eigenvalue weighted by atomic mass is 10.1. The van der Waals surface area contributed by atoms with Crippen LogP contribution in [0.25, 0.3) is 0 Å². The smallest absolute Gasteiger partial charge is 0.251 e. The van der Waals surface area contributed by atoms with Crippen LogP contribution in [-0.4, -0.2) is 55.1 Å². The second-order valence-corrected chi connectivity index (χ2v) is 7.05. The van der Waals surface area contributed by atoms with E-state index in [9.17, 15) is 4.79 Å². The van der Waals surface area contributed by atoms with Gasteiger partial charge in [0.1, 0.15) is 0 Å². The number of methoxy groups -OCH3 is 1. The van der Waals surface area contributed by atoms with Crippen LogP contribution in [0.4, 0.5) is 5.69 Å². The molecular weight excluding hydrogens is 340 g/mol. The Labute approximate surface area is 161 Å². The van der Waals surface area contributed by atoms with Gasteiger partial charge in [0, 0.05) is 62.3 Å². The molecule has 6 heteroatoms. The van der Waals surface area contributed by atoms with Crippen LogP contribution in [0.3, 0.4) is 0 Å². The number of nitrogens with one attached hydrogen (secondary N) is 1. The highest BCUT2D eigenvalue weighted by molar-refractivity contribution is 5.94. The molecule has 0 bridgehead atoms. The van der Waals surface area contributed by atoms with Gasteiger partial charge in [-0.1, -0.05) is 0 Å². The minimum atomic E-state index is -0.0815. The Morgan fingerprint density at radius 3 is 2.48 bits per heavy atom.